The number of rotatable bonds is 11. The van der Waals surface area contributed by atoms with Gasteiger partial charge in [-0.25, -0.2) is 13.4 Å². The normalized spacial score (nSPS) is 15.0. The molecule has 1 aromatic carbocycles. The number of aryl methyl sites for hydroxylation is 2. The van der Waals surface area contributed by atoms with Gasteiger partial charge in [0.05, 0.1) is 22.8 Å². The monoisotopic (exact) mass is 504 g/mol. The summed E-state index contributed by atoms with van der Waals surface area (Å²) in [5.41, 5.74) is 1.65. The van der Waals surface area contributed by atoms with Crippen molar-refractivity contribution in [2.24, 2.45) is 7.05 Å². The second-order valence-corrected chi connectivity index (χ2v) is 10.5. The van der Waals surface area contributed by atoms with Crippen molar-refractivity contribution in [3.63, 3.8) is 0 Å². The number of hydrogen-bond acceptors (Lipinski definition) is 8. The molecule has 1 fully saturated rings. The molecule has 0 unspecified atom stereocenters. The molecule has 35 heavy (non-hydrogen) atoms. The summed E-state index contributed by atoms with van der Waals surface area (Å²) in [6.07, 6.45) is 2.14. The standard InChI is InChI=1S/C23H32N6O5S/c1-4-7-18-20-21(28(3)27-18)23(31)26-22(25-20)17-12-16(8-9-19(17)34-5-2)35(32,33)29-13-15(14-29)24-10-6-11-30/h8-9,12,15,24,30H,4-7,10-11,13-14H2,1-3H3,(H,25,26,31). The van der Waals surface area contributed by atoms with Crippen LogP contribution in [0.4, 0.5) is 0 Å². The van der Waals surface area contributed by atoms with Crippen molar-refractivity contribution in [1.82, 2.24) is 29.4 Å². The zero-order valence-corrected chi connectivity index (χ0v) is 21.1. The number of aliphatic hydroxyl groups is 1. The smallest absolute Gasteiger partial charge is 0.277 e. The van der Waals surface area contributed by atoms with Gasteiger partial charge in [0.1, 0.15) is 17.1 Å². The average Bonchev–Trinajstić information content (AvgIpc) is 3.11. The molecule has 1 aliphatic heterocycles. The molecule has 190 valence electrons. The largest absolute Gasteiger partial charge is 0.493 e. The van der Waals surface area contributed by atoms with Gasteiger partial charge >= 0.3 is 0 Å². The third-order valence-electron chi connectivity index (χ3n) is 6.01. The molecule has 0 aliphatic carbocycles. The predicted molar refractivity (Wildman–Crippen MR) is 132 cm³/mol. The van der Waals surface area contributed by atoms with E-state index in [0.29, 0.717) is 61.4 Å². The first kappa shape index (κ1) is 25.3. The highest BCUT2D eigenvalue weighted by atomic mass is 32.2. The number of aromatic nitrogens is 4. The van der Waals surface area contributed by atoms with Crippen LogP contribution in [0.15, 0.2) is 27.9 Å². The number of H-pyrrole nitrogens is 1. The van der Waals surface area contributed by atoms with Gasteiger partial charge < -0.3 is 20.1 Å². The van der Waals surface area contributed by atoms with E-state index >= 15 is 0 Å². The van der Waals surface area contributed by atoms with Crippen LogP contribution in [0.2, 0.25) is 0 Å². The molecule has 11 nitrogen and oxygen atoms in total. The minimum absolute atomic E-state index is 0.0569. The summed E-state index contributed by atoms with van der Waals surface area (Å²) < 4.78 is 35.2. The average molecular weight is 505 g/mol. The van der Waals surface area contributed by atoms with Crippen LogP contribution in [0.1, 0.15) is 32.4 Å². The third-order valence-corrected chi connectivity index (χ3v) is 7.84. The molecule has 3 aromatic rings. The molecule has 0 radical (unpaired) electrons. The minimum Gasteiger partial charge on any atom is -0.493 e. The van der Waals surface area contributed by atoms with Crippen LogP contribution < -0.4 is 15.6 Å². The lowest BCUT2D eigenvalue weighted by Gasteiger charge is -2.38. The Bertz CT molecular complexity index is 1360. The molecule has 3 N–H and O–H groups in total. The maximum absolute atomic E-state index is 13.3. The predicted octanol–water partition coefficient (Wildman–Crippen LogP) is 1.02. The van der Waals surface area contributed by atoms with Crippen LogP contribution in [0.25, 0.3) is 22.4 Å². The highest BCUT2D eigenvalue weighted by Crippen LogP contribution is 2.33. The van der Waals surface area contributed by atoms with E-state index in [9.17, 15) is 13.2 Å². The molecule has 0 spiro atoms. The van der Waals surface area contributed by atoms with Crippen molar-refractivity contribution >= 4 is 21.1 Å². The summed E-state index contributed by atoms with van der Waals surface area (Å²) in [6, 6.07) is 4.68. The highest BCUT2D eigenvalue weighted by molar-refractivity contribution is 7.89. The van der Waals surface area contributed by atoms with Crippen LogP contribution in [0, 0.1) is 0 Å². The number of aliphatic hydroxyl groups excluding tert-OH is 1. The van der Waals surface area contributed by atoms with Gasteiger partial charge in [0.2, 0.25) is 10.0 Å². The Morgan fingerprint density at radius 1 is 1.29 bits per heavy atom. The zero-order valence-electron chi connectivity index (χ0n) is 20.2. The molecule has 4 rings (SSSR count). The Balaban J connectivity index is 1.71. The van der Waals surface area contributed by atoms with E-state index in [4.69, 9.17) is 9.84 Å². The summed E-state index contributed by atoms with van der Waals surface area (Å²) in [5, 5.41) is 16.6. The first-order valence-corrected chi connectivity index (χ1v) is 13.3. The van der Waals surface area contributed by atoms with Crippen molar-refractivity contribution in [2.75, 3.05) is 32.8 Å². The van der Waals surface area contributed by atoms with E-state index in [1.165, 1.54) is 21.1 Å². The maximum Gasteiger partial charge on any atom is 0.277 e. The van der Waals surface area contributed by atoms with Crippen LogP contribution in [0.5, 0.6) is 5.75 Å². The summed E-state index contributed by atoms with van der Waals surface area (Å²) in [7, 11) is -2.04. The summed E-state index contributed by atoms with van der Waals surface area (Å²) in [5.74, 6) is 0.669. The SMILES string of the molecule is CCCc1nn(C)c2c(=O)[nH]c(-c3cc(S(=O)(=O)N4CC(NCCCO)C4)ccc3OCC)nc12. The van der Waals surface area contributed by atoms with Crippen LogP contribution in [0.3, 0.4) is 0 Å². The fourth-order valence-electron chi connectivity index (χ4n) is 4.21. The third kappa shape index (κ3) is 4.96. The number of ether oxygens (including phenoxy) is 1. The topological polar surface area (TPSA) is 142 Å². The van der Waals surface area contributed by atoms with E-state index < -0.39 is 10.0 Å². The van der Waals surface area contributed by atoms with E-state index in [1.54, 1.807) is 13.1 Å². The molecule has 0 saturated carbocycles. The number of sulfonamides is 1. The van der Waals surface area contributed by atoms with Crippen molar-refractivity contribution in [3.05, 3.63) is 34.2 Å². The van der Waals surface area contributed by atoms with Crippen molar-refractivity contribution in [2.45, 2.75) is 44.0 Å². The molecule has 0 bridgehead atoms. The molecule has 1 aliphatic rings. The second-order valence-electron chi connectivity index (χ2n) is 8.57. The lowest BCUT2D eigenvalue weighted by molar-refractivity contribution is 0.218. The fraction of sp³-hybridized carbons (Fsp3) is 0.522. The van der Waals surface area contributed by atoms with Gasteiger partial charge in [0, 0.05) is 32.8 Å². The number of hydrogen-bond donors (Lipinski definition) is 3. The first-order chi connectivity index (χ1) is 16.8. The molecule has 0 atom stereocenters. The first-order valence-electron chi connectivity index (χ1n) is 11.9. The molecule has 1 saturated heterocycles. The lowest BCUT2D eigenvalue weighted by atomic mass is 10.1. The van der Waals surface area contributed by atoms with Gasteiger partial charge in [-0.3, -0.25) is 9.48 Å². The van der Waals surface area contributed by atoms with Crippen molar-refractivity contribution in [1.29, 1.82) is 0 Å². The van der Waals surface area contributed by atoms with E-state index in [0.717, 1.165) is 12.1 Å². The van der Waals surface area contributed by atoms with E-state index in [1.807, 2.05) is 13.8 Å². The maximum atomic E-state index is 13.3. The van der Waals surface area contributed by atoms with E-state index in [2.05, 4.69) is 20.4 Å². The van der Waals surface area contributed by atoms with Gasteiger partial charge in [0.25, 0.3) is 5.56 Å². The van der Waals surface area contributed by atoms with Gasteiger partial charge in [-0.1, -0.05) is 13.3 Å². The number of fused-ring (bicyclic) bond motifs is 1. The second kappa shape index (κ2) is 10.4. The van der Waals surface area contributed by atoms with Crippen molar-refractivity contribution in [3.8, 4) is 17.1 Å². The molecule has 12 heteroatoms. The highest BCUT2D eigenvalue weighted by Gasteiger charge is 2.36. The summed E-state index contributed by atoms with van der Waals surface area (Å²) >= 11 is 0. The quantitative estimate of drug-likeness (QED) is 0.329. The van der Waals surface area contributed by atoms with Gasteiger partial charge in [0.15, 0.2) is 5.52 Å². The fourth-order valence-corrected chi connectivity index (χ4v) is 5.77. The minimum atomic E-state index is -3.74. The number of nitrogens with zero attached hydrogens (tertiary/aromatic N) is 4. The number of aromatic amines is 1. The number of benzene rings is 1. The van der Waals surface area contributed by atoms with E-state index in [-0.39, 0.29) is 28.9 Å². The Morgan fingerprint density at radius 2 is 2.06 bits per heavy atom. The Hall–Kier alpha value is -2.80. The van der Waals surface area contributed by atoms with Crippen LogP contribution >= 0.6 is 0 Å². The van der Waals surface area contributed by atoms with Crippen molar-refractivity contribution < 1.29 is 18.3 Å². The summed E-state index contributed by atoms with van der Waals surface area (Å²) in [6.45, 7) is 5.67. The van der Waals surface area contributed by atoms with Gasteiger partial charge in [-0.05, 0) is 44.5 Å². The molecule has 3 heterocycles. The zero-order chi connectivity index (χ0) is 25.2. The Morgan fingerprint density at radius 3 is 2.74 bits per heavy atom. The van der Waals surface area contributed by atoms with Crippen LogP contribution in [-0.4, -0.2) is 76.5 Å². The Kier molecular flexibility index (Phi) is 7.55. The van der Waals surface area contributed by atoms with Gasteiger partial charge in [-0.2, -0.15) is 9.40 Å². The lowest BCUT2D eigenvalue weighted by Crippen LogP contribution is -2.59. The number of nitrogens with one attached hydrogen (secondary N) is 2. The van der Waals surface area contributed by atoms with Gasteiger partial charge in [-0.15, -0.1) is 0 Å². The molecular weight excluding hydrogens is 472 g/mol. The molecule has 0 amide bonds. The Labute approximate surface area is 204 Å². The molecular formula is C23H32N6O5S. The van der Waals surface area contributed by atoms with Crippen LogP contribution in [-0.2, 0) is 23.5 Å². The molecule has 2 aromatic heterocycles. The summed E-state index contributed by atoms with van der Waals surface area (Å²) in [4.78, 5) is 20.5.